The van der Waals surface area contributed by atoms with Crippen molar-refractivity contribution in [2.75, 3.05) is 26.8 Å². The molecule has 0 atom stereocenters. The maximum atomic E-state index is 5.99. The Morgan fingerprint density at radius 3 is 2.67 bits per heavy atom. The van der Waals surface area contributed by atoms with Gasteiger partial charge in [-0.15, -0.1) is 0 Å². The van der Waals surface area contributed by atoms with Gasteiger partial charge in [0.15, 0.2) is 0 Å². The topological polar surface area (TPSA) is 34.6 Å². The van der Waals surface area contributed by atoms with Crippen LogP contribution in [0.5, 0.6) is 11.5 Å². The predicted octanol–water partition coefficient (Wildman–Crippen LogP) is 4.19. The van der Waals surface area contributed by atoms with E-state index in [0.717, 1.165) is 48.8 Å². The largest absolute Gasteiger partial charge is 0.496 e. The quantitative estimate of drug-likeness (QED) is 0.660. The van der Waals surface area contributed by atoms with Gasteiger partial charge in [0.05, 0.1) is 12.8 Å². The molecule has 0 saturated heterocycles. The molecule has 2 aromatic carbocycles. The summed E-state index contributed by atoms with van der Waals surface area (Å²) in [5.74, 6) is 1.60. The van der Waals surface area contributed by atoms with Crippen molar-refractivity contribution >= 4 is 0 Å². The lowest BCUT2D eigenvalue weighted by Crippen LogP contribution is -2.33. The highest BCUT2D eigenvalue weighted by Crippen LogP contribution is 2.32. The molecule has 1 aliphatic rings. The number of fused-ring (bicyclic) bond motifs is 1. The molecule has 4 nitrogen and oxygen atoms in total. The van der Waals surface area contributed by atoms with Crippen molar-refractivity contribution in [2.24, 2.45) is 0 Å². The van der Waals surface area contributed by atoms with E-state index in [4.69, 9.17) is 9.47 Å². The van der Waals surface area contributed by atoms with Crippen LogP contribution < -0.4 is 9.47 Å². The second-order valence-electron chi connectivity index (χ2n) is 6.72. The van der Waals surface area contributed by atoms with Crippen LogP contribution >= 0.6 is 0 Å². The minimum atomic E-state index is 0.661. The molecule has 4 heteroatoms. The van der Waals surface area contributed by atoms with Gasteiger partial charge in [-0.1, -0.05) is 30.3 Å². The molecule has 0 amide bonds. The summed E-state index contributed by atoms with van der Waals surface area (Å²) in [7, 11) is 1.68. The Bertz CT molecular complexity index is 896. The smallest absolute Gasteiger partial charge is 0.131 e. The Hall–Kier alpha value is -2.85. The minimum absolute atomic E-state index is 0.661. The molecule has 0 aliphatic carbocycles. The van der Waals surface area contributed by atoms with E-state index in [9.17, 15) is 0 Å². The van der Waals surface area contributed by atoms with E-state index < -0.39 is 0 Å². The van der Waals surface area contributed by atoms with Crippen LogP contribution in [0.2, 0.25) is 0 Å². The molecule has 0 fully saturated rings. The van der Waals surface area contributed by atoms with Crippen molar-refractivity contribution in [3.05, 3.63) is 78.0 Å². The molecular formula is C23H24N2O2. The van der Waals surface area contributed by atoms with Crippen LogP contribution in [0.4, 0.5) is 0 Å². The summed E-state index contributed by atoms with van der Waals surface area (Å²) in [5, 5.41) is 0. The molecule has 0 unspecified atom stereocenters. The molecule has 4 rings (SSSR count). The average Bonchev–Trinajstić information content (AvgIpc) is 2.74. The normalized spacial score (nSPS) is 13.8. The first-order valence-electron chi connectivity index (χ1n) is 9.35. The van der Waals surface area contributed by atoms with Crippen LogP contribution in [0.1, 0.15) is 11.1 Å². The molecule has 138 valence electrons. The first-order chi connectivity index (χ1) is 13.3. The second kappa shape index (κ2) is 8.23. The van der Waals surface area contributed by atoms with Gasteiger partial charge in [0.2, 0.25) is 0 Å². The number of benzene rings is 2. The molecule has 0 spiro atoms. The zero-order valence-corrected chi connectivity index (χ0v) is 15.6. The fraction of sp³-hybridized carbons (Fsp3) is 0.261. The van der Waals surface area contributed by atoms with Crippen LogP contribution in [0, 0.1) is 0 Å². The maximum Gasteiger partial charge on any atom is 0.131 e. The highest BCUT2D eigenvalue weighted by molar-refractivity contribution is 5.68. The third kappa shape index (κ3) is 4.12. The summed E-state index contributed by atoms with van der Waals surface area (Å²) in [5.41, 5.74) is 4.78. The Kier molecular flexibility index (Phi) is 5.35. The van der Waals surface area contributed by atoms with Gasteiger partial charge in [-0.25, -0.2) is 0 Å². The van der Waals surface area contributed by atoms with E-state index in [1.807, 2.05) is 36.4 Å². The third-order valence-electron chi connectivity index (χ3n) is 5.00. The zero-order valence-electron chi connectivity index (χ0n) is 15.6. The van der Waals surface area contributed by atoms with E-state index in [-0.39, 0.29) is 0 Å². The Labute approximate surface area is 160 Å². The standard InChI is InChI=1S/C23H24N2O2/c1-26-23-16-20(9-10-21(23)22-8-4-5-12-24-22)27-15-14-25-13-11-18-6-2-3-7-19(18)17-25/h2-10,12,16H,11,13-15,17H2,1H3. The van der Waals surface area contributed by atoms with E-state index in [1.165, 1.54) is 11.1 Å². The van der Waals surface area contributed by atoms with Gasteiger partial charge in [0, 0.05) is 37.5 Å². The number of pyridine rings is 1. The molecular weight excluding hydrogens is 336 g/mol. The summed E-state index contributed by atoms with van der Waals surface area (Å²) in [6.07, 6.45) is 2.90. The van der Waals surface area contributed by atoms with Crippen LogP contribution in [-0.4, -0.2) is 36.7 Å². The monoisotopic (exact) mass is 360 g/mol. The van der Waals surface area contributed by atoms with Crippen molar-refractivity contribution in [3.8, 4) is 22.8 Å². The van der Waals surface area contributed by atoms with E-state index in [2.05, 4.69) is 34.1 Å². The second-order valence-corrected chi connectivity index (χ2v) is 6.72. The summed E-state index contributed by atoms with van der Waals surface area (Å²) in [4.78, 5) is 6.85. The molecule has 3 aromatic rings. The lowest BCUT2D eigenvalue weighted by Gasteiger charge is -2.28. The van der Waals surface area contributed by atoms with Crippen LogP contribution in [0.3, 0.4) is 0 Å². The molecule has 2 heterocycles. The van der Waals surface area contributed by atoms with E-state index >= 15 is 0 Å². The summed E-state index contributed by atoms with van der Waals surface area (Å²) in [6.45, 7) is 3.66. The van der Waals surface area contributed by atoms with Crippen molar-refractivity contribution in [1.82, 2.24) is 9.88 Å². The highest BCUT2D eigenvalue weighted by atomic mass is 16.5. The fourth-order valence-electron chi connectivity index (χ4n) is 3.53. The van der Waals surface area contributed by atoms with Crippen molar-refractivity contribution in [3.63, 3.8) is 0 Å². The van der Waals surface area contributed by atoms with E-state index in [1.54, 1.807) is 13.3 Å². The zero-order chi connectivity index (χ0) is 18.5. The van der Waals surface area contributed by atoms with Gasteiger partial charge in [-0.2, -0.15) is 0 Å². The van der Waals surface area contributed by atoms with Gasteiger partial charge in [0.1, 0.15) is 18.1 Å². The van der Waals surface area contributed by atoms with Gasteiger partial charge < -0.3 is 9.47 Å². The highest BCUT2D eigenvalue weighted by Gasteiger charge is 2.15. The lowest BCUT2D eigenvalue weighted by atomic mass is 10.0. The molecule has 0 bridgehead atoms. The molecule has 0 saturated carbocycles. The van der Waals surface area contributed by atoms with Gasteiger partial charge >= 0.3 is 0 Å². The molecule has 0 radical (unpaired) electrons. The Balaban J connectivity index is 1.36. The summed E-state index contributed by atoms with van der Waals surface area (Å²) < 4.78 is 11.5. The number of methoxy groups -OCH3 is 1. The van der Waals surface area contributed by atoms with Crippen LogP contribution in [-0.2, 0) is 13.0 Å². The van der Waals surface area contributed by atoms with Crippen molar-refractivity contribution < 1.29 is 9.47 Å². The number of rotatable bonds is 6. The van der Waals surface area contributed by atoms with Crippen molar-refractivity contribution in [2.45, 2.75) is 13.0 Å². The first-order valence-corrected chi connectivity index (χ1v) is 9.35. The van der Waals surface area contributed by atoms with Gasteiger partial charge in [-0.05, 0) is 41.8 Å². The molecule has 1 aliphatic heterocycles. The average molecular weight is 360 g/mol. The number of nitrogens with zero attached hydrogens (tertiary/aromatic N) is 2. The number of hydrogen-bond acceptors (Lipinski definition) is 4. The number of aromatic nitrogens is 1. The Morgan fingerprint density at radius 2 is 1.85 bits per heavy atom. The molecule has 0 N–H and O–H groups in total. The summed E-state index contributed by atoms with van der Waals surface area (Å²) in [6, 6.07) is 20.5. The van der Waals surface area contributed by atoms with Gasteiger partial charge in [-0.3, -0.25) is 9.88 Å². The lowest BCUT2D eigenvalue weighted by molar-refractivity contribution is 0.196. The Morgan fingerprint density at radius 1 is 1.00 bits per heavy atom. The van der Waals surface area contributed by atoms with Crippen molar-refractivity contribution in [1.29, 1.82) is 0 Å². The molecule has 27 heavy (non-hydrogen) atoms. The number of ether oxygens (including phenoxy) is 2. The molecule has 1 aromatic heterocycles. The SMILES string of the molecule is COc1cc(OCCN2CCc3ccccc3C2)ccc1-c1ccccn1. The van der Waals surface area contributed by atoms with Crippen LogP contribution in [0.15, 0.2) is 66.9 Å². The fourth-order valence-corrected chi connectivity index (χ4v) is 3.53. The van der Waals surface area contributed by atoms with Crippen LogP contribution in [0.25, 0.3) is 11.3 Å². The number of hydrogen-bond donors (Lipinski definition) is 0. The third-order valence-corrected chi connectivity index (χ3v) is 5.00. The van der Waals surface area contributed by atoms with Gasteiger partial charge in [0.25, 0.3) is 0 Å². The van der Waals surface area contributed by atoms with E-state index in [0.29, 0.717) is 6.61 Å². The summed E-state index contributed by atoms with van der Waals surface area (Å²) >= 11 is 0. The predicted molar refractivity (Wildman–Crippen MR) is 107 cm³/mol. The minimum Gasteiger partial charge on any atom is -0.496 e. The maximum absolute atomic E-state index is 5.99. The first kappa shape index (κ1) is 17.6.